The maximum atomic E-state index is 12.4. The second-order valence-corrected chi connectivity index (χ2v) is 6.34. The van der Waals surface area contributed by atoms with Crippen LogP contribution in [0.2, 0.25) is 0 Å². The number of hydrogen-bond donors (Lipinski definition) is 2. The molecule has 1 aromatic carbocycles. The van der Waals surface area contributed by atoms with Gasteiger partial charge < -0.3 is 24.8 Å². The van der Waals surface area contributed by atoms with Gasteiger partial charge in [-0.15, -0.1) is 0 Å². The smallest absolute Gasteiger partial charge is 0.317 e. The van der Waals surface area contributed by atoms with Crippen LogP contribution >= 0.6 is 0 Å². The summed E-state index contributed by atoms with van der Waals surface area (Å²) in [6.07, 6.45) is 0.989. The van der Waals surface area contributed by atoms with Crippen LogP contribution in [0.4, 0.5) is 4.79 Å². The van der Waals surface area contributed by atoms with Crippen LogP contribution in [-0.4, -0.2) is 48.3 Å². The quantitative estimate of drug-likeness (QED) is 0.776. The second kappa shape index (κ2) is 9.31. The lowest BCUT2D eigenvalue weighted by molar-refractivity contribution is -0.143. The Morgan fingerprint density at radius 1 is 1.19 bits per heavy atom. The van der Waals surface area contributed by atoms with E-state index in [0.717, 1.165) is 5.56 Å². The van der Waals surface area contributed by atoms with Crippen molar-refractivity contribution in [2.75, 3.05) is 26.3 Å². The van der Waals surface area contributed by atoms with E-state index in [1.54, 1.807) is 4.90 Å². The Morgan fingerprint density at radius 2 is 1.81 bits per heavy atom. The van der Waals surface area contributed by atoms with Crippen molar-refractivity contribution in [3.63, 3.8) is 0 Å². The van der Waals surface area contributed by atoms with Crippen molar-refractivity contribution in [2.24, 2.45) is 5.92 Å². The van der Waals surface area contributed by atoms with E-state index in [0.29, 0.717) is 50.6 Å². The molecule has 0 spiro atoms. The summed E-state index contributed by atoms with van der Waals surface area (Å²) < 4.78 is 11.2. The van der Waals surface area contributed by atoms with Crippen molar-refractivity contribution in [2.45, 2.75) is 39.7 Å². The maximum Gasteiger partial charge on any atom is 0.317 e. The molecule has 1 aromatic rings. The summed E-state index contributed by atoms with van der Waals surface area (Å²) in [5.41, 5.74) is 0.922. The van der Waals surface area contributed by atoms with E-state index < -0.39 is 5.97 Å². The molecule has 26 heavy (non-hydrogen) atoms. The summed E-state index contributed by atoms with van der Waals surface area (Å²) >= 11 is 0. The lowest BCUT2D eigenvalue weighted by Gasteiger charge is -2.31. The maximum absolute atomic E-state index is 12.4. The number of benzene rings is 1. The van der Waals surface area contributed by atoms with Crippen molar-refractivity contribution < 1.29 is 24.2 Å². The Morgan fingerprint density at radius 3 is 2.38 bits per heavy atom. The van der Waals surface area contributed by atoms with Gasteiger partial charge in [0.1, 0.15) is 0 Å². The van der Waals surface area contributed by atoms with Crippen molar-refractivity contribution in [1.82, 2.24) is 10.2 Å². The van der Waals surface area contributed by atoms with Gasteiger partial charge in [-0.05, 0) is 51.3 Å². The number of ether oxygens (including phenoxy) is 2. The van der Waals surface area contributed by atoms with Gasteiger partial charge in [0.2, 0.25) is 0 Å². The molecule has 0 aromatic heterocycles. The number of nitrogens with zero attached hydrogens (tertiary/aromatic N) is 1. The molecule has 1 fully saturated rings. The topological polar surface area (TPSA) is 88.1 Å². The van der Waals surface area contributed by atoms with E-state index in [2.05, 4.69) is 5.32 Å². The number of rotatable bonds is 7. The average molecular weight is 364 g/mol. The van der Waals surface area contributed by atoms with E-state index >= 15 is 0 Å². The molecule has 2 rings (SSSR count). The van der Waals surface area contributed by atoms with E-state index in [1.165, 1.54) is 0 Å². The first-order chi connectivity index (χ1) is 12.5. The summed E-state index contributed by atoms with van der Waals surface area (Å²) in [6, 6.07) is 5.28. The van der Waals surface area contributed by atoms with Gasteiger partial charge in [-0.25, -0.2) is 4.79 Å². The van der Waals surface area contributed by atoms with Crippen molar-refractivity contribution in [3.05, 3.63) is 23.8 Å². The van der Waals surface area contributed by atoms with E-state index in [9.17, 15) is 9.59 Å². The average Bonchev–Trinajstić information content (AvgIpc) is 2.63. The molecule has 1 atom stereocenters. The van der Waals surface area contributed by atoms with Crippen LogP contribution < -0.4 is 14.8 Å². The molecule has 144 valence electrons. The number of hydrogen-bond acceptors (Lipinski definition) is 4. The number of amides is 2. The minimum atomic E-state index is -0.781. The molecule has 1 aliphatic rings. The monoisotopic (exact) mass is 364 g/mol. The Bertz CT molecular complexity index is 626. The zero-order valence-electron chi connectivity index (χ0n) is 15.7. The first-order valence-corrected chi connectivity index (χ1v) is 9.14. The molecule has 1 heterocycles. The third-order valence-corrected chi connectivity index (χ3v) is 4.54. The van der Waals surface area contributed by atoms with Crippen LogP contribution in [-0.2, 0) is 4.79 Å². The number of carboxylic acid groups (broad SMARTS) is 1. The summed E-state index contributed by atoms with van der Waals surface area (Å²) in [4.78, 5) is 25.1. The zero-order chi connectivity index (χ0) is 19.1. The Hall–Kier alpha value is -2.44. The predicted molar refractivity (Wildman–Crippen MR) is 97.7 cm³/mol. The lowest BCUT2D eigenvalue weighted by atomic mass is 9.97. The fourth-order valence-electron chi connectivity index (χ4n) is 3.03. The number of likely N-dealkylation sites (tertiary alicyclic amines) is 1. The number of nitrogens with one attached hydrogen (secondary N) is 1. The summed E-state index contributed by atoms with van der Waals surface area (Å²) in [7, 11) is 0. The normalized spacial score (nSPS) is 16.0. The van der Waals surface area contributed by atoms with Gasteiger partial charge in [0, 0.05) is 13.1 Å². The number of aliphatic carboxylic acids is 1. The molecule has 0 saturated carbocycles. The van der Waals surface area contributed by atoms with E-state index in [1.807, 2.05) is 39.0 Å². The highest BCUT2D eigenvalue weighted by Gasteiger charge is 2.27. The van der Waals surface area contributed by atoms with E-state index in [-0.39, 0.29) is 18.0 Å². The van der Waals surface area contributed by atoms with Crippen LogP contribution in [0.25, 0.3) is 0 Å². The third-order valence-electron chi connectivity index (χ3n) is 4.54. The van der Waals surface area contributed by atoms with Crippen LogP contribution in [0.5, 0.6) is 11.5 Å². The summed E-state index contributed by atoms with van der Waals surface area (Å²) in [6.45, 7) is 7.74. The fraction of sp³-hybridized carbons (Fsp3) is 0.579. The van der Waals surface area contributed by atoms with Crippen LogP contribution in [0.15, 0.2) is 18.2 Å². The molecule has 1 saturated heterocycles. The van der Waals surface area contributed by atoms with Gasteiger partial charge in [-0.1, -0.05) is 6.07 Å². The Labute approximate surface area is 154 Å². The number of carbonyl (C=O) groups is 2. The third kappa shape index (κ3) is 5.03. The molecule has 0 bridgehead atoms. The molecule has 1 aliphatic heterocycles. The minimum absolute atomic E-state index is 0.173. The van der Waals surface area contributed by atoms with Gasteiger partial charge in [0.25, 0.3) is 0 Å². The molecular formula is C19H28N2O5. The molecule has 2 N–H and O–H groups in total. The number of carbonyl (C=O) groups excluding carboxylic acids is 1. The fourth-order valence-corrected chi connectivity index (χ4v) is 3.03. The number of piperidine rings is 1. The van der Waals surface area contributed by atoms with Crippen molar-refractivity contribution >= 4 is 12.0 Å². The van der Waals surface area contributed by atoms with Crippen molar-refractivity contribution in [1.29, 1.82) is 0 Å². The highest BCUT2D eigenvalue weighted by molar-refractivity contribution is 5.76. The Kier molecular flexibility index (Phi) is 7.12. The minimum Gasteiger partial charge on any atom is -0.490 e. The highest BCUT2D eigenvalue weighted by Crippen LogP contribution is 2.31. The van der Waals surface area contributed by atoms with Crippen LogP contribution in [0, 0.1) is 5.92 Å². The van der Waals surface area contributed by atoms with Gasteiger partial charge in [0.15, 0.2) is 11.5 Å². The first kappa shape index (κ1) is 19.9. The number of carboxylic acids is 1. The molecule has 7 heteroatoms. The van der Waals surface area contributed by atoms with E-state index in [4.69, 9.17) is 14.6 Å². The molecule has 0 aliphatic carbocycles. The van der Waals surface area contributed by atoms with Crippen LogP contribution in [0.1, 0.15) is 45.2 Å². The second-order valence-electron chi connectivity index (χ2n) is 6.34. The van der Waals surface area contributed by atoms with Crippen molar-refractivity contribution in [3.8, 4) is 11.5 Å². The zero-order valence-corrected chi connectivity index (χ0v) is 15.7. The van der Waals surface area contributed by atoms with Gasteiger partial charge in [-0.2, -0.15) is 0 Å². The van der Waals surface area contributed by atoms with Crippen LogP contribution in [0.3, 0.4) is 0 Å². The lowest BCUT2D eigenvalue weighted by Crippen LogP contribution is -2.46. The SMILES string of the molecule is CCOc1ccc(C(C)NC(=O)N2CCC(C(=O)O)CC2)cc1OCC. The predicted octanol–water partition coefficient (Wildman–Crippen LogP) is 3.05. The summed E-state index contributed by atoms with van der Waals surface area (Å²) in [5, 5.41) is 12.0. The molecular weight excluding hydrogens is 336 g/mol. The molecule has 7 nitrogen and oxygen atoms in total. The number of urea groups is 1. The van der Waals surface area contributed by atoms with Gasteiger partial charge >= 0.3 is 12.0 Å². The highest BCUT2D eigenvalue weighted by atomic mass is 16.5. The standard InChI is InChI=1S/C19H28N2O5/c1-4-25-16-7-6-15(12-17(16)26-5-2)13(3)20-19(24)21-10-8-14(9-11-21)18(22)23/h6-7,12-14H,4-5,8-11H2,1-3H3,(H,20,24)(H,22,23). The first-order valence-electron chi connectivity index (χ1n) is 9.14. The van der Waals surface area contributed by atoms with Gasteiger partial charge in [-0.3, -0.25) is 4.79 Å². The molecule has 0 radical (unpaired) electrons. The van der Waals surface area contributed by atoms with Gasteiger partial charge in [0.05, 0.1) is 25.2 Å². The largest absolute Gasteiger partial charge is 0.490 e. The molecule has 1 unspecified atom stereocenters. The molecule has 2 amide bonds. The summed E-state index contributed by atoms with van der Waals surface area (Å²) in [5.74, 6) is 0.218. The Balaban J connectivity index is 1.98.